The molecule has 3 aromatic carbocycles. The van der Waals surface area contributed by atoms with Crippen LogP contribution in [0.25, 0.3) is 6.08 Å². The second kappa shape index (κ2) is 13.0. The molecule has 0 bridgehead atoms. The van der Waals surface area contributed by atoms with Crippen molar-refractivity contribution in [2.45, 2.75) is 26.5 Å². The van der Waals surface area contributed by atoms with Crippen LogP contribution in [0.2, 0.25) is 0 Å². The maximum Gasteiger partial charge on any atom is 0.338 e. The van der Waals surface area contributed by atoms with E-state index in [1.807, 2.05) is 12.1 Å². The summed E-state index contributed by atoms with van der Waals surface area (Å²) < 4.78 is 24.0. The molecule has 1 N–H and O–H groups in total. The van der Waals surface area contributed by atoms with E-state index in [1.165, 1.54) is 36.2 Å². The van der Waals surface area contributed by atoms with Crippen LogP contribution >= 0.6 is 11.3 Å². The molecule has 0 amide bonds. The molecule has 0 aliphatic carbocycles. The Morgan fingerprint density at radius 1 is 1.02 bits per heavy atom. The van der Waals surface area contributed by atoms with Gasteiger partial charge in [-0.1, -0.05) is 41.7 Å². The van der Waals surface area contributed by atoms with Gasteiger partial charge < -0.3 is 24.1 Å². The molecular formula is C33H30N2O8S. The number of aromatic carboxylic acids is 1. The van der Waals surface area contributed by atoms with Gasteiger partial charge >= 0.3 is 11.9 Å². The van der Waals surface area contributed by atoms with Crippen molar-refractivity contribution in [3.8, 4) is 17.2 Å². The van der Waals surface area contributed by atoms with E-state index in [-0.39, 0.29) is 29.9 Å². The van der Waals surface area contributed by atoms with Crippen LogP contribution in [-0.4, -0.2) is 42.4 Å². The highest BCUT2D eigenvalue weighted by atomic mass is 32.1. The van der Waals surface area contributed by atoms with Gasteiger partial charge in [0, 0.05) is 0 Å². The van der Waals surface area contributed by atoms with Crippen molar-refractivity contribution in [3.63, 3.8) is 0 Å². The fourth-order valence-corrected chi connectivity index (χ4v) is 5.95. The molecular weight excluding hydrogens is 584 g/mol. The van der Waals surface area contributed by atoms with Crippen molar-refractivity contribution in [2.24, 2.45) is 4.99 Å². The van der Waals surface area contributed by atoms with Gasteiger partial charge in [0.15, 0.2) is 16.3 Å². The fourth-order valence-electron chi connectivity index (χ4n) is 4.90. The molecule has 44 heavy (non-hydrogen) atoms. The van der Waals surface area contributed by atoms with E-state index in [0.29, 0.717) is 37.8 Å². The fraction of sp³-hybridized carbons (Fsp3) is 0.212. The van der Waals surface area contributed by atoms with Crippen LogP contribution in [-0.2, 0) is 16.1 Å². The number of aromatic nitrogens is 1. The molecule has 2 heterocycles. The Bertz CT molecular complexity index is 1940. The number of fused-ring (bicyclic) bond motifs is 1. The van der Waals surface area contributed by atoms with Crippen molar-refractivity contribution >= 4 is 29.4 Å². The first-order valence-electron chi connectivity index (χ1n) is 13.7. The third-order valence-corrected chi connectivity index (χ3v) is 7.98. The summed E-state index contributed by atoms with van der Waals surface area (Å²) in [6.45, 7) is 3.83. The lowest BCUT2D eigenvalue weighted by Crippen LogP contribution is -2.39. The highest BCUT2D eigenvalue weighted by Gasteiger charge is 2.34. The Kier molecular flexibility index (Phi) is 8.96. The van der Waals surface area contributed by atoms with Crippen molar-refractivity contribution in [2.75, 3.05) is 20.8 Å². The SMILES string of the molecule is CCOC(=O)C1=C(C)N=c2s/c(=C\c3ccc(OCc4cccc(C(=O)O)c4)cc3)c(=O)n2[C@@H]1c1ccc(OC)c(OC)c1. The Hall–Kier alpha value is -5.16. The average Bonchev–Trinajstić information content (AvgIpc) is 3.33. The van der Waals surface area contributed by atoms with Gasteiger partial charge in [0.1, 0.15) is 12.4 Å². The third kappa shape index (κ3) is 6.13. The molecule has 226 valence electrons. The van der Waals surface area contributed by atoms with Crippen LogP contribution in [0.5, 0.6) is 17.2 Å². The molecule has 0 unspecified atom stereocenters. The van der Waals surface area contributed by atoms with Gasteiger partial charge in [-0.2, -0.15) is 0 Å². The largest absolute Gasteiger partial charge is 0.493 e. The first kappa shape index (κ1) is 30.3. The highest BCUT2D eigenvalue weighted by molar-refractivity contribution is 7.07. The van der Waals surface area contributed by atoms with Gasteiger partial charge in [0.05, 0.1) is 48.2 Å². The van der Waals surface area contributed by atoms with Crippen LogP contribution in [0.15, 0.2) is 87.8 Å². The van der Waals surface area contributed by atoms with Crippen LogP contribution < -0.4 is 29.1 Å². The maximum atomic E-state index is 13.9. The van der Waals surface area contributed by atoms with E-state index in [0.717, 1.165) is 11.1 Å². The summed E-state index contributed by atoms with van der Waals surface area (Å²) in [7, 11) is 3.06. The number of rotatable bonds is 10. The number of hydrogen-bond donors (Lipinski definition) is 1. The van der Waals surface area contributed by atoms with Crippen LogP contribution in [0.3, 0.4) is 0 Å². The minimum Gasteiger partial charge on any atom is -0.493 e. The molecule has 0 saturated heterocycles. The molecule has 0 radical (unpaired) electrons. The first-order chi connectivity index (χ1) is 21.2. The number of carbonyl (C=O) groups is 2. The minimum absolute atomic E-state index is 0.174. The predicted molar refractivity (Wildman–Crippen MR) is 164 cm³/mol. The smallest absolute Gasteiger partial charge is 0.338 e. The third-order valence-electron chi connectivity index (χ3n) is 7.00. The van der Waals surface area contributed by atoms with E-state index in [1.54, 1.807) is 68.5 Å². The number of nitrogens with zero attached hydrogens (tertiary/aromatic N) is 2. The summed E-state index contributed by atoms with van der Waals surface area (Å²) in [6, 6.07) is 18.2. The second-order valence-corrected chi connectivity index (χ2v) is 10.8. The molecule has 10 nitrogen and oxygen atoms in total. The number of benzene rings is 3. The number of carboxylic acid groups (broad SMARTS) is 1. The van der Waals surface area contributed by atoms with E-state index < -0.39 is 18.0 Å². The lowest BCUT2D eigenvalue weighted by molar-refractivity contribution is -0.139. The van der Waals surface area contributed by atoms with Gasteiger partial charge in [-0.15, -0.1) is 0 Å². The van der Waals surface area contributed by atoms with E-state index >= 15 is 0 Å². The number of esters is 1. The summed E-state index contributed by atoms with van der Waals surface area (Å²) in [5.41, 5.74) is 2.77. The van der Waals surface area contributed by atoms with Gasteiger partial charge in [0.2, 0.25) is 0 Å². The summed E-state index contributed by atoms with van der Waals surface area (Å²) in [4.78, 5) is 43.4. The van der Waals surface area contributed by atoms with Gasteiger partial charge in [-0.05, 0) is 73.0 Å². The molecule has 1 aliphatic rings. The number of ether oxygens (including phenoxy) is 4. The minimum atomic E-state index is -0.996. The van der Waals surface area contributed by atoms with E-state index in [2.05, 4.69) is 4.99 Å². The first-order valence-corrected chi connectivity index (χ1v) is 14.5. The van der Waals surface area contributed by atoms with E-state index in [4.69, 9.17) is 18.9 Å². The van der Waals surface area contributed by atoms with Gasteiger partial charge in [-0.25, -0.2) is 14.6 Å². The Morgan fingerprint density at radius 2 is 1.77 bits per heavy atom. The molecule has 0 fully saturated rings. The molecule has 1 aliphatic heterocycles. The zero-order valence-corrected chi connectivity index (χ0v) is 25.3. The molecule has 11 heteroatoms. The number of allylic oxidation sites excluding steroid dienone is 1. The summed E-state index contributed by atoms with van der Waals surface area (Å²) in [5, 5.41) is 9.20. The van der Waals surface area contributed by atoms with Crippen molar-refractivity contribution < 1.29 is 33.6 Å². The number of thiazole rings is 1. The normalized spacial score (nSPS) is 14.5. The zero-order valence-electron chi connectivity index (χ0n) is 24.5. The number of carboxylic acids is 1. The van der Waals surface area contributed by atoms with Crippen molar-refractivity contribution in [3.05, 3.63) is 120 Å². The molecule has 1 atom stereocenters. The second-order valence-electron chi connectivity index (χ2n) is 9.78. The van der Waals surface area contributed by atoms with Crippen LogP contribution in [0.1, 0.15) is 46.9 Å². The summed E-state index contributed by atoms with van der Waals surface area (Å²) in [6.07, 6.45) is 1.76. The van der Waals surface area contributed by atoms with Gasteiger partial charge in [0.25, 0.3) is 5.56 Å². The van der Waals surface area contributed by atoms with Crippen molar-refractivity contribution in [1.29, 1.82) is 0 Å². The quantitative estimate of drug-likeness (QED) is 0.265. The Labute approximate surface area is 256 Å². The molecule has 0 saturated carbocycles. The summed E-state index contributed by atoms with van der Waals surface area (Å²) >= 11 is 1.23. The Balaban J connectivity index is 1.49. The van der Waals surface area contributed by atoms with Crippen LogP contribution in [0.4, 0.5) is 0 Å². The highest BCUT2D eigenvalue weighted by Crippen LogP contribution is 2.36. The molecule has 0 spiro atoms. The number of hydrogen-bond acceptors (Lipinski definition) is 9. The topological polar surface area (TPSA) is 126 Å². The lowest BCUT2D eigenvalue weighted by Gasteiger charge is -2.25. The maximum absolute atomic E-state index is 13.9. The van der Waals surface area contributed by atoms with Crippen molar-refractivity contribution in [1.82, 2.24) is 4.57 Å². The summed E-state index contributed by atoms with van der Waals surface area (Å²) in [5.74, 6) is 0.0227. The average molecular weight is 615 g/mol. The standard InChI is InChI=1S/C33H30N2O8S/c1-5-42-32(39)28-19(2)34-33-35(29(28)22-11-14-25(40-3)26(17-22)41-4)30(36)27(44-33)16-20-9-12-24(13-10-20)43-18-21-7-6-8-23(15-21)31(37)38/h6-17,29H,5,18H2,1-4H3,(H,37,38)/b27-16-/t29-/m1/s1. The van der Waals surface area contributed by atoms with Crippen LogP contribution in [0, 0.1) is 0 Å². The molecule has 1 aromatic heterocycles. The zero-order chi connectivity index (χ0) is 31.4. The number of methoxy groups -OCH3 is 2. The monoisotopic (exact) mass is 614 g/mol. The Morgan fingerprint density at radius 3 is 2.45 bits per heavy atom. The predicted octanol–water partition coefficient (Wildman–Crippen LogP) is 4.09. The molecule has 4 aromatic rings. The lowest BCUT2D eigenvalue weighted by atomic mass is 9.95. The van der Waals surface area contributed by atoms with E-state index in [9.17, 15) is 19.5 Å². The molecule has 5 rings (SSSR count). The number of carbonyl (C=O) groups excluding carboxylic acids is 1. The van der Waals surface area contributed by atoms with Gasteiger partial charge in [-0.3, -0.25) is 9.36 Å².